The van der Waals surface area contributed by atoms with Crippen molar-refractivity contribution in [1.82, 2.24) is 4.90 Å². The topological polar surface area (TPSA) is 52.7 Å². The lowest BCUT2D eigenvalue weighted by atomic mass is 10.1. The predicted molar refractivity (Wildman–Crippen MR) is 114 cm³/mol. The van der Waals surface area contributed by atoms with Crippen molar-refractivity contribution in [3.05, 3.63) is 58.6 Å². The summed E-state index contributed by atoms with van der Waals surface area (Å²) < 4.78 is 0. The number of hydrogen-bond donors (Lipinski definition) is 1. The molecule has 1 fully saturated rings. The molecule has 0 aliphatic carbocycles. The second-order valence-electron chi connectivity index (χ2n) is 7.10. The molecule has 3 rings (SSSR count). The van der Waals surface area contributed by atoms with Crippen LogP contribution in [-0.2, 0) is 4.79 Å². The van der Waals surface area contributed by atoms with Crippen molar-refractivity contribution in [1.29, 1.82) is 0 Å². The van der Waals surface area contributed by atoms with Gasteiger partial charge in [-0.3, -0.25) is 9.59 Å². The van der Waals surface area contributed by atoms with Crippen LogP contribution in [0, 0.1) is 6.92 Å². The standard InChI is InChI=1S/C22H26ClN3O2/c1-3-5-21(27)26-12-10-25(11-13-26)20-9-8-18(23)15-19(20)24-22(28)17-7-4-6-16(2)14-17/h4,6-9,14-15H,3,5,10-13H2,1-2H3,(H,24,28). The third-order valence-electron chi connectivity index (χ3n) is 4.92. The molecule has 1 N–H and O–H groups in total. The van der Waals surface area contributed by atoms with Gasteiger partial charge in [0.05, 0.1) is 11.4 Å². The fourth-order valence-corrected chi connectivity index (χ4v) is 3.61. The molecule has 0 bridgehead atoms. The first kappa shape index (κ1) is 20.2. The van der Waals surface area contributed by atoms with Crippen LogP contribution in [0.5, 0.6) is 0 Å². The fourth-order valence-electron chi connectivity index (χ4n) is 3.43. The molecule has 6 heteroatoms. The van der Waals surface area contributed by atoms with Crippen molar-refractivity contribution in [2.75, 3.05) is 36.4 Å². The van der Waals surface area contributed by atoms with Crippen LogP contribution in [0.3, 0.4) is 0 Å². The highest BCUT2D eigenvalue weighted by molar-refractivity contribution is 6.31. The Balaban J connectivity index is 1.75. The molecule has 1 aliphatic heterocycles. The largest absolute Gasteiger partial charge is 0.366 e. The van der Waals surface area contributed by atoms with E-state index in [2.05, 4.69) is 10.2 Å². The average Bonchev–Trinajstić information content (AvgIpc) is 2.68. The first-order chi connectivity index (χ1) is 13.5. The highest BCUT2D eigenvalue weighted by Gasteiger charge is 2.23. The van der Waals surface area contributed by atoms with Crippen molar-refractivity contribution in [2.45, 2.75) is 26.7 Å². The average molecular weight is 400 g/mol. The van der Waals surface area contributed by atoms with E-state index < -0.39 is 0 Å². The van der Waals surface area contributed by atoms with Gasteiger partial charge in [0.2, 0.25) is 5.91 Å². The maximum atomic E-state index is 12.7. The second kappa shape index (κ2) is 9.11. The zero-order chi connectivity index (χ0) is 20.1. The van der Waals surface area contributed by atoms with Crippen LogP contribution in [0.1, 0.15) is 35.7 Å². The Morgan fingerprint density at radius 1 is 1.07 bits per heavy atom. The molecule has 28 heavy (non-hydrogen) atoms. The third-order valence-corrected chi connectivity index (χ3v) is 5.16. The number of hydrogen-bond acceptors (Lipinski definition) is 3. The van der Waals surface area contributed by atoms with Crippen molar-refractivity contribution in [3.8, 4) is 0 Å². The first-order valence-corrected chi connectivity index (χ1v) is 10.1. The van der Waals surface area contributed by atoms with Gasteiger partial charge in [0, 0.05) is 43.2 Å². The number of carbonyl (C=O) groups is 2. The molecule has 0 unspecified atom stereocenters. The molecule has 0 radical (unpaired) electrons. The number of benzene rings is 2. The Kier molecular flexibility index (Phi) is 6.57. The molecule has 2 aromatic carbocycles. The lowest BCUT2D eigenvalue weighted by molar-refractivity contribution is -0.131. The van der Waals surface area contributed by atoms with Crippen molar-refractivity contribution in [2.24, 2.45) is 0 Å². The zero-order valence-corrected chi connectivity index (χ0v) is 17.1. The molecule has 2 amide bonds. The van der Waals surface area contributed by atoms with Crippen LogP contribution in [0.2, 0.25) is 5.02 Å². The van der Waals surface area contributed by atoms with Gasteiger partial charge in [-0.15, -0.1) is 0 Å². The molecule has 1 aliphatic rings. The number of aryl methyl sites for hydroxylation is 1. The number of carbonyl (C=O) groups excluding carboxylic acids is 2. The van der Waals surface area contributed by atoms with E-state index in [9.17, 15) is 9.59 Å². The van der Waals surface area contributed by atoms with E-state index in [-0.39, 0.29) is 11.8 Å². The van der Waals surface area contributed by atoms with Crippen LogP contribution < -0.4 is 10.2 Å². The summed E-state index contributed by atoms with van der Waals surface area (Å²) in [7, 11) is 0. The van der Waals surface area contributed by atoms with Gasteiger partial charge in [0.15, 0.2) is 0 Å². The van der Waals surface area contributed by atoms with Crippen LogP contribution >= 0.6 is 11.6 Å². The first-order valence-electron chi connectivity index (χ1n) is 9.68. The summed E-state index contributed by atoms with van der Waals surface area (Å²) in [6.07, 6.45) is 1.46. The summed E-state index contributed by atoms with van der Waals surface area (Å²) in [6, 6.07) is 13.0. The van der Waals surface area contributed by atoms with Crippen LogP contribution in [-0.4, -0.2) is 42.9 Å². The van der Waals surface area contributed by atoms with Gasteiger partial charge in [-0.25, -0.2) is 0 Å². The third kappa shape index (κ3) is 4.84. The van der Waals surface area contributed by atoms with E-state index in [1.165, 1.54) is 0 Å². The number of rotatable bonds is 5. The van der Waals surface area contributed by atoms with E-state index in [0.29, 0.717) is 35.8 Å². The lowest BCUT2D eigenvalue weighted by Crippen LogP contribution is -2.48. The van der Waals surface area contributed by atoms with Gasteiger partial charge in [0.25, 0.3) is 5.91 Å². The molecule has 148 valence electrons. The Labute approximate surface area is 171 Å². The smallest absolute Gasteiger partial charge is 0.255 e. The maximum absolute atomic E-state index is 12.7. The van der Waals surface area contributed by atoms with E-state index in [1.54, 1.807) is 12.1 Å². The fraction of sp³-hybridized carbons (Fsp3) is 0.364. The van der Waals surface area contributed by atoms with Crippen LogP contribution in [0.4, 0.5) is 11.4 Å². The van der Waals surface area contributed by atoms with E-state index in [0.717, 1.165) is 30.8 Å². The van der Waals surface area contributed by atoms with Gasteiger partial charge in [-0.1, -0.05) is 36.2 Å². The Bertz CT molecular complexity index is 861. The molecule has 5 nitrogen and oxygen atoms in total. The molecule has 0 atom stereocenters. The van der Waals surface area contributed by atoms with E-state index in [1.807, 2.05) is 49.1 Å². The number of nitrogens with one attached hydrogen (secondary N) is 1. The van der Waals surface area contributed by atoms with Gasteiger partial charge < -0.3 is 15.1 Å². The predicted octanol–water partition coefficient (Wildman–Crippen LogP) is 4.35. The maximum Gasteiger partial charge on any atom is 0.255 e. The summed E-state index contributed by atoms with van der Waals surface area (Å²) in [5, 5.41) is 3.57. The molecule has 0 spiro atoms. The monoisotopic (exact) mass is 399 g/mol. The van der Waals surface area contributed by atoms with Gasteiger partial charge in [-0.05, 0) is 43.7 Å². The summed E-state index contributed by atoms with van der Waals surface area (Å²) in [4.78, 5) is 28.9. The molecular formula is C22H26ClN3O2. The minimum atomic E-state index is -0.163. The summed E-state index contributed by atoms with van der Waals surface area (Å²) in [5.74, 6) is 0.0511. The van der Waals surface area contributed by atoms with Crippen LogP contribution in [0.15, 0.2) is 42.5 Å². The van der Waals surface area contributed by atoms with Gasteiger partial charge in [0.1, 0.15) is 0 Å². The van der Waals surface area contributed by atoms with Crippen molar-refractivity contribution >= 4 is 34.8 Å². The summed E-state index contributed by atoms with van der Waals surface area (Å²) >= 11 is 6.19. The Morgan fingerprint density at radius 2 is 1.82 bits per heavy atom. The Hall–Kier alpha value is -2.53. The second-order valence-corrected chi connectivity index (χ2v) is 7.54. The van der Waals surface area contributed by atoms with Crippen molar-refractivity contribution in [3.63, 3.8) is 0 Å². The molecule has 0 aromatic heterocycles. The highest BCUT2D eigenvalue weighted by atomic mass is 35.5. The minimum Gasteiger partial charge on any atom is -0.366 e. The number of piperazine rings is 1. The highest BCUT2D eigenvalue weighted by Crippen LogP contribution is 2.30. The van der Waals surface area contributed by atoms with Crippen molar-refractivity contribution < 1.29 is 9.59 Å². The zero-order valence-electron chi connectivity index (χ0n) is 16.4. The number of nitrogens with zero attached hydrogens (tertiary/aromatic N) is 2. The normalized spacial score (nSPS) is 14.1. The number of anilines is 2. The SMILES string of the molecule is CCCC(=O)N1CCN(c2ccc(Cl)cc2NC(=O)c2cccc(C)c2)CC1. The molecule has 1 heterocycles. The molecule has 2 aromatic rings. The number of amides is 2. The molecule has 1 saturated heterocycles. The lowest BCUT2D eigenvalue weighted by Gasteiger charge is -2.37. The summed E-state index contributed by atoms with van der Waals surface area (Å²) in [6.45, 7) is 6.81. The Morgan fingerprint density at radius 3 is 2.50 bits per heavy atom. The minimum absolute atomic E-state index is 0.163. The quantitative estimate of drug-likeness (QED) is 0.813. The van der Waals surface area contributed by atoms with E-state index >= 15 is 0 Å². The molecular weight excluding hydrogens is 374 g/mol. The summed E-state index contributed by atoms with van der Waals surface area (Å²) in [5.41, 5.74) is 3.26. The van der Waals surface area contributed by atoms with Gasteiger partial charge >= 0.3 is 0 Å². The van der Waals surface area contributed by atoms with Gasteiger partial charge in [-0.2, -0.15) is 0 Å². The van der Waals surface area contributed by atoms with Crippen LogP contribution in [0.25, 0.3) is 0 Å². The van der Waals surface area contributed by atoms with E-state index in [4.69, 9.17) is 11.6 Å². The molecule has 0 saturated carbocycles. The number of halogens is 1.